The van der Waals surface area contributed by atoms with Crippen molar-refractivity contribution in [2.45, 2.75) is 0 Å². The van der Waals surface area contributed by atoms with Gasteiger partial charge in [0.2, 0.25) is 0 Å². The molecule has 5 nitrogen and oxygen atoms in total. The summed E-state index contributed by atoms with van der Waals surface area (Å²) in [5.41, 5.74) is 1.47. The molecule has 2 aromatic carbocycles. The molecule has 0 saturated heterocycles. The number of thiazole rings is 1. The highest BCUT2D eigenvalue weighted by Gasteiger charge is 2.13. The average Bonchev–Trinajstić information content (AvgIpc) is 3.09. The van der Waals surface area contributed by atoms with Crippen molar-refractivity contribution in [1.82, 2.24) is 4.98 Å². The number of nitrogens with zero attached hydrogens (tertiary/aromatic N) is 1. The number of anilines is 2. The summed E-state index contributed by atoms with van der Waals surface area (Å²) in [6.45, 7) is 0. The van der Waals surface area contributed by atoms with Gasteiger partial charge in [-0.2, -0.15) is 0 Å². The maximum absolute atomic E-state index is 12.4. The zero-order valence-corrected chi connectivity index (χ0v) is 14.2. The standard InChI is InChI=1S/C19H14N2O3S/c1-23-15-9-5-6-12-10-14(18(22)24-17(12)15)16-11-20-19(25-16)21-13-7-3-2-4-8-13/h2-11H,1H3,(H,20,21). The van der Waals surface area contributed by atoms with Gasteiger partial charge < -0.3 is 14.5 Å². The molecule has 0 radical (unpaired) electrons. The van der Waals surface area contributed by atoms with E-state index >= 15 is 0 Å². The number of para-hydroxylation sites is 2. The van der Waals surface area contributed by atoms with E-state index in [0.29, 0.717) is 22.0 Å². The van der Waals surface area contributed by atoms with E-state index in [1.807, 2.05) is 48.5 Å². The first-order valence-corrected chi connectivity index (χ1v) is 8.45. The van der Waals surface area contributed by atoms with Gasteiger partial charge in [-0.15, -0.1) is 0 Å². The van der Waals surface area contributed by atoms with Crippen molar-refractivity contribution in [3.8, 4) is 16.2 Å². The highest BCUT2D eigenvalue weighted by molar-refractivity contribution is 7.18. The molecular weight excluding hydrogens is 336 g/mol. The first kappa shape index (κ1) is 15.4. The Hall–Kier alpha value is -3.12. The van der Waals surface area contributed by atoms with Crippen LogP contribution in [0.4, 0.5) is 10.8 Å². The maximum Gasteiger partial charge on any atom is 0.345 e. The quantitative estimate of drug-likeness (QED) is 0.542. The summed E-state index contributed by atoms with van der Waals surface area (Å²) in [4.78, 5) is 17.5. The number of ether oxygens (including phenoxy) is 1. The van der Waals surface area contributed by atoms with Crippen LogP contribution in [0.25, 0.3) is 21.4 Å². The van der Waals surface area contributed by atoms with Crippen molar-refractivity contribution >= 4 is 33.1 Å². The van der Waals surface area contributed by atoms with E-state index in [9.17, 15) is 4.79 Å². The van der Waals surface area contributed by atoms with E-state index in [0.717, 1.165) is 16.0 Å². The summed E-state index contributed by atoms with van der Waals surface area (Å²) in [6, 6.07) is 17.1. The molecule has 0 aliphatic carbocycles. The molecule has 0 bridgehead atoms. The van der Waals surface area contributed by atoms with Gasteiger partial charge in [-0.05, 0) is 24.3 Å². The van der Waals surface area contributed by atoms with Gasteiger partial charge in [0.25, 0.3) is 0 Å². The topological polar surface area (TPSA) is 64.4 Å². The van der Waals surface area contributed by atoms with Crippen LogP contribution in [0.15, 0.2) is 70.0 Å². The summed E-state index contributed by atoms with van der Waals surface area (Å²) >= 11 is 1.40. The lowest BCUT2D eigenvalue weighted by Crippen LogP contribution is -2.02. The summed E-state index contributed by atoms with van der Waals surface area (Å²) in [6.07, 6.45) is 1.67. The molecule has 0 fully saturated rings. The van der Waals surface area contributed by atoms with Crippen LogP contribution in [-0.4, -0.2) is 12.1 Å². The molecule has 0 unspecified atom stereocenters. The van der Waals surface area contributed by atoms with Crippen molar-refractivity contribution in [3.63, 3.8) is 0 Å². The predicted molar refractivity (Wildman–Crippen MR) is 99.9 cm³/mol. The number of rotatable bonds is 4. The van der Waals surface area contributed by atoms with Gasteiger partial charge in [-0.3, -0.25) is 0 Å². The fourth-order valence-electron chi connectivity index (χ4n) is 2.55. The molecule has 1 N–H and O–H groups in total. The number of fused-ring (bicyclic) bond motifs is 1. The van der Waals surface area contributed by atoms with Crippen LogP contribution < -0.4 is 15.7 Å². The predicted octanol–water partition coefficient (Wildman–Crippen LogP) is 4.67. The lowest BCUT2D eigenvalue weighted by molar-refractivity contribution is 0.407. The minimum absolute atomic E-state index is 0.410. The summed E-state index contributed by atoms with van der Waals surface area (Å²) < 4.78 is 10.7. The van der Waals surface area contributed by atoms with Crippen molar-refractivity contribution < 1.29 is 9.15 Å². The number of hydrogen-bond donors (Lipinski definition) is 1. The second kappa shape index (κ2) is 6.41. The van der Waals surface area contributed by atoms with E-state index in [1.54, 1.807) is 19.4 Å². The van der Waals surface area contributed by atoms with Gasteiger partial charge in [-0.1, -0.05) is 41.7 Å². The molecule has 6 heteroatoms. The van der Waals surface area contributed by atoms with Crippen LogP contribution in [0.5, 0.6) is 5.75 Å². The Morgan fingerprint density at radius 2 is 1.96 bits per heavy atom. The van der Waals surface area contributed by atoms with Crippen LogP contribution in [0, 0.1) is 0 Å². The smallest absolute Gasteiger partial charge is 0.345 e. The largest absolute Gasteiger partial charge is 0.493 e. The van der Waals surface area contributed by atoms with Crippen LogP contribution in [-0.2, 0) is 0 Å². The summed E-state index contributed by atoms with van der Waals surface area (Å²) in [7, 11) is 1.55. The Balaban J connectivity index is 1.73. The molecule has 4 rings (SSSR count). The molecular formula is C19H14N2O3S. The van der Waals surface area contributed by atoms with E-state index in [1.165, 1.54) is 11.3 Å². The fraction of sp³-hybridized carbons (Fsp3) is 0.0526. The normalized spacial score (nSPS) is 10.8. The van der Waals surface area contributed by atoms with Crippen LogP contribution in [0.2, 0.25) is 0 Å². The molecule has 25 heavy (non-hydrogen) atoms. The van der Waals surface area contributed by atoms with Gasteiger partial charge in [0.15, 0.2) is 16.5 Å². The number of aromatic nitrogens is 1. The van der Waals surface area contributed by atoms with Gasteiger partial charge in [0, 0.05) is 17.3 Å². The summed E-state index contributed by atoms with van der Waals surface area (Å²) in [5.74, 6) is 0.539. The molecule has 4 aromatic rings. The zero-order valence-electron chi connectivity index (χ0n) is 13.4. The highest BCUT2D eigenvalue weighted by Crippen LogP contribution is 2.32. The minimum atomic E-state index is -0.410. The lowest BCUT2D eigenvalue weighted by Gasteiger charge is -2.04. The average molecular weight is 350 g/mol. The van der Waals surface area contributed by atoms with Crippen molar-refractivity contribution in [1.29, 1.82) is 0 Å². The first-order chi connectivity index (χ1) is 12.2. The third-order valence-electron chi connectivity index (χ3n) is 3.74. The van der Waals surface area contributed by atoms with Crippen molar-refractivity contribution in [2.75, 3.05) is 12.4 Å². The Morgan fingerprint density at radius 1 is 1.12 bits per heavy atom. The zero-order chi connectivity index (χ0) is 17.2. The molecule has 2 aromatic heterocycles. The Bertz CT molecular complexity index is 1090. The van der Waals surface area contributed by atoms with E-state index in [2.05, 4.69) is 10.3 Å². The number of nitrogens with one attached hydrogen (secondary N) is 1. The van der Waals surface area contributed by atoms with E-state index in [-0.39, 0.29) is 0 Å². The molecule has 0 atom stereocenters. The van der Waals surface area contributed by atoms with Gasteiger partial charge in [0.05, 0.1) is 17.6 Å². The molecule has 0 amide bonds. The van der Waals surface area contributed by atoms with Crippen molar-refractivity contribution in [2.24, 2.45) is 0 Å². The first-order valence-electron chi connectivity index (χ1n) is 7.64. The van der Waals surface area contributed by atoms with Gasteiger partial charge in [0.1, 0.15) is 0 Å². The number of methoxy groups -OCH3 is 1. The third-order valence-corrected chi connectivity index (χ3v) is 4.69. The molecule has 0 spiro atoms. The van der Waals surface area contributed by atoms with Crippen LogP contribution in [0.3, 0.4) is 0 Å². The molecule has 0 saturated carbocycles. The molecule has 2 heterocycles. The SMILES string of the molecule is COc1cccc2cc(-c3cnc(Nc4ccccc4)s3)c(=O)oc12. The molecule has 0 aliphatic rings. The fourth-order valence-corrected chi connectivity index (χ4v) is 3.39. The summed E-state index contributed by atoms with van der Waals surface area (Å²) in [5, 5.41) is 4.74. The maximum atomic E-state index is 12.4. The minimum Gasteiger partial charge on any atom is -0.493 e. The second-order valence-electron chi connectivity index (χ2n) is 5.35. The van der Waals surface area contributed by atoms with Crippen LogP contribution >= 0.6 is 11.3 Å². The molecule has 0 aliphatic heterocycles. The highest BCUT2D eigenvalue weighted by atomic mass is 32.1. The van der Waals surface area contributed by atoms with Gasteiger partial charge >= 0.3 is 5.63 Å². The Kier molecular flexibility index (Phi) is 3.95. The van der Waals surface area contributed by atoms with E-state index < -0.39 is 5.63 Å². The monoisotopic (exact) mass is 350 g/mol. The number of benzene rings is 2. The molecule has 124 valence electrons. The second-order valence-corrected chi connectivity index (χ2v) is 6.38. The van der Waals surface area contributed by atoms with E-state index in [4.69, 9.17) is 9.15 Å². The number of hydrogen-bond acceptors (Lipinski definition) is 6. The van der Waals surface area contributed by atoms with Crippen molar-refractivity contribution in [3.05, 3.63) is 71.2 Å². The third kappa shape index (κ3) is 2.99. The Labute approximate surface area is 147 Å². The van der Waals surface area contributed by atoms with Crippen LogP contribution in [0.1, 0.15) is 0 Å². The Morgan fingerprint density at radius 3 is 2.76 bits per heavy atom. The van der Waals surface area contributed by atoms with Gasteiger partial charge in [-0.25, -0.2) is 9.78 Å². The lowest BCUT2D eigenvalue weighted by atomic mass is 10.1.